The summed E-state index contributed by atoms with van der Waals surface area (Å²) in [5, 5.41) is 0. The summed E-state index contributed by atoms with van der Waals surface area (Å²) in [6, 6.07) is 1.95. The highest BCUT2D eigenvalue weighted by Crippen LogP contribution is 2.34. The number of ether oxygens (including phenoxy) is 1. The number of pyridine rings is 1. The Morgan fingerprint density at radius 2 is 1.77 bits per heavy atom. The molecule has 3 rings (SSSR count). The van der Waals surface area contributed by atoms with Gasteiger partial charge in [-0.1, -0.05) is 32.9 Å². The summed E-state index contributed by atoms with van der Waals surface area (Å²) < 4.78 is 5.27. The zero-order valence-electron chi connectivity index (χ0n) is 15.4. The van der Waals surface area contributed by atoms with Gasteiger partial charge in [0.15, 0.2) is 0 Å². The quantitative estimate of drug-likeness (QED) is 0.470. The Hall–Kier alpha value is -2.50. The Labute approximate surface area is 153 Å². The highest BCUT2D eigenvalue weighted by Gasteiger charge is 2.47. The van der Waals surface area contributed by atoms with Gasteiger partial charge in [-0.05, 0) is 29.9 Å². The van der Waals surface area contributed by atoms with Crippen LogP contribution in [0.15, 0.2) is 30.6 Å². The number of nitrogens with zero attached hydrogens (tertiary/aromatic N) is 2. The van der Waals surface area contributed by atoms with Crippen LogP contribution in [0.5, 0.6) is 0 Å². The van der Waals surface area contributed by atoms with Crippen molar-refractivity contribution in [2.75, 3.05) is 6.54 Å². The first kappa shape index (κ1) is 18.3. The molecular weight excluding hydrogens is 332 g/mol. The van der Waals surface area contributed by atoms with E-state index in [1.807, 2.05) is 18.2 Å². The molecule has 0 aromatic carbocycles. The maximum atomic E-state index is 12.4. The van der Waals surface area contributed by atoms with Crippen LogP contribution in [0.25, 0.3) is 0 Å². The third kappa shape index (κ3) is 3.69. The highest BCUT2D eigenvalue weighted by molar-refractivity contribution is 6.07. The Morgan fingerprint density at radius 1 is 1.15 bits per heavy atom. The summed E-state index contributed by atoms with van der Waals surface area (Å²) in [6.07, 6.45) is 8.41. The molecule has 6 nitrogen and oxygen atoms in total. The van der Waals surface area contributed by atoms with Gasteiger partial charge in [0.2, 0.25) is 11.8 Å². The van der Waals surface area contributed by atoms with Crippen molar-refractivity contribution >= 4 is 17.8 Å². The van der Waals surface area contributed by atoms with E-state index in [0.717, 1.165) is 16.0 Å². The summed E-state index contributed by atoms with van der Waals surface area (Å²) in [4.78, 5) is 42.1. The molecule has 6 heteroatoms. The zero-order valence-corrected chi connectivity index (χ0v) is 15.4. The van der Waals surface area contributed by atoms with Crippen molar-refractivity contribution in [1.82, 2.24) is 9.88 Å². The van der Waals surface area contributed by atoms with Crippen molar-refractivity contribution in [3.05, 3.63) is 41.7 Å². The molecule has 1 aromatic rings. The van der Waals surface area contributed by atoms with Gasteiger partial charge >= 0.3 is 5.97 Å². The molecule has 2 heterocycles. The number of imide groups is 1. The lowest BCUT2D eigenvalue weighted by Gasteiger charge is -2.19. The first-order valence-corrected chi connectivity index (χ1v) is 8.87. The predicted octanol–water partition coefficient (Wildman–Crippen LogP) is 2.37. The zero-order chi connectivity index (χ0) is 18.9. The van der Waals surface area contributed by atoms with E-state index in [0.29, 0.717) is 12.8 Å². The molecule has 26 heavy (non-hydrogen) atoms. The van der Waals surface area contributed by atoms with Crippen LogP contribution >= 0.6 is 0 Å². The van der Waals surface area contributed by atoms with Crippen molar-refractivity contribution in [3.8, 4) is 0 Å². The number of esters is 1. The molecule has 0 N–H and O–H groups in total. The first-order valence-electron chi connectivity index (χ1n) is 8.87. The van der Waals surface area contributed by atoms with Crippen LogP contribution in [0.2, 0.25) is 0 Å². The van der Waals surface area contributed by atoms with Crippen molar-refractivity contribution in [1.29, 1.82) is 0 Å². The van der Waals surface area contributed by atoms with Crippen LogP contribution in [0, 0.1) is 11.8 Å². The van der Waals surface area contributed by atoms with Crippen LogP contribution in [0.4, 0.5) is 0 Å². The fourth-order valence-electron chi connectivity index (χ4n) is 3.34. The molecule has 138 valence electrons. The lowest BCUT2D eigenvalue weighted by atomic mass is 9.85. The lowest BCUT2D eigenvalue weighted by Crippen LogP contribution is -2.36. The highest BCUT2D eigenvalue weighted by atomic mass is 16.5. The average Bonchev–Trinajstić information content (AvgIpc) is 2.85. The van der Waals surface area contributed by atoms with Gasteiger partial charge in [-0.15, -0.1) is 0 Å². The van der Waals surface area contributed by atoms with Crippen LogP contribution < -0.4 is 0 Å². The molecule has 2 aliphatic rings. The smallest absolute Gasteiger partial charge is 0.326 e. The second-order valence-corrected chi connectivity index (χ2v) is 7.91. The number of hydrogen-bond acceptors (Lipinski definition) is 5. The van der Waals surface area contributed by atoms with E-state index >= 15 is 0 Å². The second-order valence-electron chi connectivity index (χ2n) is 7.91. The molecule has 0 saturated carbocycles. The van der Waals surface area contributed by atoms with E-state index in [-0.39, 0.29) is 42.2 Å². The second kappa shape index (κ2) is 7.02. The van der Waals surface area contributed by atoms with Gasteiger partial charge in [0.1, 0.15) is 13.2 Å². The topological polar surface area (TPSA) is 76.6 Å². The Balaban J connectivity index is 1.58. The van der Waals surface area contributed by atoms with Crippen LogP contribution in [-0.2, 0) is 31.1 Å². The summed E-state index contributed by atoms with van der Waals surface area (Å²) in [5.41, 5.74) is 1.78. The molecule has 0 radical (unpaired) electrons. The fraction of sp³-hybridized carbons (Fsp3) is 0.500. The monoisotopic (exact) mass is 356 g/mol. The van der Waals surface area contributed by atoms with Gasteiger partial charge in [-0.2, -0.15) is 0 Å². The standard InChI is InChI=1S/C20H24N2O4/c1-20(2,3)14-8-13(9-21-10-14)12-26-17(23)11-22-18(24)15-6-4-5-7-16(15)19(22)25/h4-5,8-10,15-16H,6-7,11-12H2,1-3H3/t15-,16+. The molecule has 2 amide bonds. The third-order valence-corrected chi connectivity index (χ3v) is 4.95. The van der Waals surface area contributed by atoms with E-state index in [2.05, 4.69) is 25.8 Å². The summed E-state index contributed by atoms with van der Waals surface area (Å²) in [6.45, 7) is 5.99. The number of carbonyl (C=O) groups excluding carboxylic acids is 3. The third-order valence-electron chi connectivity index (χ3n) is 4.95. The van der Waals surface area contributed by atoms with E-state index in [9.17, 15) is 14.4 Å². The number of aromatic nitrogens is 1. The van der Waals surface area contributed by atoms with E-state index < -0.39 is 5.97 Å². The summed E-state index contributed by atoms with van der Waals surface area (Å²) in [7, 11) is 0. The molecule has 1 aromatic heterocycles. The summed E-state index contributed by atoms with van der Waals surface area (Å²) in [5.74, 6) is -1.77. The Kier molecular flexibility index (Phi) is 4.94. The molecule has 0 bridgehead atoms. The molecule has 1 saturated heterocycles. The van der Waals surface area contributed by atoms with E-state index in [1.165, 1.54) is 0 Å². The molecule has 1 fully saturated rings. The van der Waals surface area contributed by atoms with Gasteiger partial charge in [-0.3, -0.25) is 24.3 Å². The summed E-state index contributed by atoms with van der Waals surface area (Å²) >= 11 is 0. The van der Waals surface area contributed by atoms with Gasteiger partial charge in [0.25, 0.3) is 0 Å². The van der Waals surface area contributed by atoms with Gasteiger partial charge in [0, 0.05) is 18.0 Å². The normalized spacial score (nSPS) is 22.5. The van der Waals surface area contributed by atoms with Crippen molar-refractivity contribution in [3.63, 3.8) is 0 Å². The number of carbonyl (C=O) groups is 3. The molecule has 1 aliphatic heterocycles. The fourth-order valence-corrected chi connectivity index (χ4v) is 3.34. The van der Waals surface area contributed by atoms with Crippen molar-refractivity contribution < 1.29 is 19.1 Å². The first-order chi connectivity index (χ1) is 12.3. The number of fused-ring (bicyclic) bond motifs is 1. The minimum Gasteiger partial charge on any atom is -0.459 e. The number of allylic oxidation sites excluding steroid dienone is 2. The van der Waals surface area contributed by atoms with E-state index in [4.69, 9.17) is 4.74 Å². The van der Waals surface area contributed by atoms with Crippen LogP contribution in [-0.4, -0.2) is 34.2 Å². The number of amides is 2. The molecule has 0 spiro atoms. The molecule has 2 atom stereocenters. The van der Waals surface area contributed by atoms with Crippen molar-refractivity contribution in [2.24, 2.45) is 11.8 Å². The average molecular weight is 356 g/mol. The number of rotatable bonds is 4. The van der Waals surface area contributed by atoms with Gasteiger partial charge in [-0.25, -0.2) is 0 Å². The lowest BCUT2D eigenvalue weighted by molar-refractivity contribution is -0.153. The minimum absolute atomic E-state index is 0.0499. The maximum Gasteiger partial charge on any atom is 0.326 e. The van der Waals surface area contributed by atoms with Gasteiger partial charge < -0.3 is 4.74 Å². The molecule has 0 unspecified atom stereocenters. The Bertz CT molecular complexity index is 737. The number of hydrogen-bond donors (Lipinski definition) is 0. The van der Waals surface area contributed by atoms with Crippen LogP contribution in [0.1, 0.15) is 44.7 Å². The predicted molar refractivity (Wildman–Crippen MR) is 94.8 cm³/mol. The molecule has 1 aliphatic carbocycles. The maximum absolute atomic E-state index is 12.4. The van der Waals surface area contributed by atoms with Crippen LogP contribution in [0.3, 0.4) is 0 Å². The molecular formula is C20H24N2O4. The Morgan fingerprint density at radius 3 is 2.35 bits per heavy atom. The van der Waals surface area contributed by atoms with E-state index in [1.54, 1.807) is 12.4 Å². The largest absolute Gasteiger partial charge is 0.459 e. The SMILES string of the molecule is CC(C)(C)c1cncc(COC(=O)CN2C(=O)[C@H]3CC=CC[C@H]3C2=O)c1. The number of likely N-dealkylation sites (tertiary alicyclic amines) is 1. The minimum atomic E-state index is -0.584. The van der Waals surface area contributed by atoms with Crippen molar-refractivity contribution in [2.45, 2.75) is 45.6 Å². The van der Waals surface area contributed by atoms with Gasteiger partial charge in [0.05, 0.1) is 11.8 Å².